The Hall–Kier alpha value is -0.340. The fraction of sp³-hybridized carbons (Fsp3) is 0.867. The van der Waals surface area contributed by atoms with Crippen LogP contribution < -0.4 is 0 Å². The summed E-state index contributed by atoms with van der Waals surface area (Å²) in [5.74, 6) is 1.07. The Morgan fingerprint density at radius 1 is 1.29 bits per heavy atom. The predicted molar refractivity (Wildman–Crippen MR) is 67.7 cm³/mol. The molecular formula is C15H24O2. The van der Waals surface area contributed by atoms with Gasteiger partial charge in [0.15, 0.2) is 0 Å². The Labute approximate surface area is 104 Å². The highest BCUT2D eigenvalue weighted by atomic mass is 16.6. The van der Waals surface area contributed by atoms with E-state index in [1.807, 2.05) is 0 Å². The second-order valence-electron chi connectivity index (χ2n) is 7.05. The lowest BCUT2D eigenvalue weighted by Gasteiger charge is -2.16. The number of epoxide rings is 1. The van der Waals surface area contributed by atoms with Crippen molar-refractivity contribution >= 4 is 0 Å². The Balaban J connectivity index is 1.78. The van der Waals surface area contributed by atoms with E-state index in [0.29, 0.717) is 17.9 Å². The van der Waals surface area contributed by atoms with Crippen LogP contribution in [-0.4, -0.2) is 22.9 Å². The second-order valence-corrected chi connectivity index (χ2v) is 7.05. The van der Waals surface area contributed by atoms with E-state index < -0.39 is 0 Å². The van der Waals surface area contributed by atoms with E-state index >= 15 is 0 Å². The van der Waals surface area contributed by atoms with E-state index in [1.165, 1.54) is 6.42 Å². The quantitative estimate of drug-likeness (QED) is 0.518. The molecule has 1 N–H and O–H groups in total. The molecule has 0 aromatic heterocycles. The van der Waals surface area contributed by atoms with Gasteiger partial charge in [-0.1, -0.05) is 20.4 Å². The third-order valence-electron chi connectivity index (χ3n) is 5.61. The summed E-state index contributed by atoms with van der Waals surface area (Å²) in [6.45, 7) is 10.9. The molecular weight excluding hydrogens is 212 g/mol. The number of aliphatic hydroxyl groups is 1. The minimum Gasteiger partial charge on any atom is -0.388 e. The van der Waals surface area contributed by atoms with Crippen molar-refractivity contribution in [3.63, 3.8) is 0 Å². The zero-order valence-corrected chi connectivity index (χ0v) is 11.2. The van der Waals surface area contributed by atoms with Crippen LogP contribution in [0.25, 0.3) is 0 Å². The molecule has 0 aromatic carbocycles. The summed E-state index contributed by atoms with van der Waals surface area (Å²) in [5.41, 5.74) is 1.43. The number of aliphatic hydroxyl groups excluding tert-OH is 1. The lowest BCUT2D eigenvalue weighted by molar-refractivity contribution is 0.163. The minimum atomic E-state index is -0.293. The van der Waals surface area contributed by atoms with Crippen LogP contribution in [0.3, 0.4) is 0 Å². The Morgan fingerprint density at radius 3 is 2.71 bits per heavy atom. The Bertz CT molecular complexity index is 360. The average molecular weight is 236 g/mol. The van der Waals surface area contributed by atoms with Crippen molar-refractivity contribution in [1.82, 2.24) is 0 Å². The molecule has 2 saturated carbocycles. The van der Waals surface area contributed by atoms with Crippen LogP contribution in [0.15, 0.2) is 12.2 Å². The van der Waals surface area contributed by atoms with E-state index in [2.05, 4.69) is 27.4 Å². The van der Waals surface area contributed by atoms with Crippen molar-refractivity contribution in [2.75, 3.05) is 0 Å². The molecule has 0 aromatic rings. The molecule has 3 fully saturated rings. The summed E-state index contributed by atoms with van der Waals surface area (Å²) in [7, 11) is 0. The number of rotatable bonds is 0. The van der Waals surface area contributed by atoms with Crippen molar-refractivity contribution in [1.29, 1.82) is 0 Å². The number of hydrogen-bond donors (Lipinski definition) is 1. The van der Waals surface area contributed by atoms with Crippen LogP contribution >= 0.6 is 0 Å². The molecule has 1 saturated heterocycles. The maximum absolute atomic E-state index is 10.4. The second kappa shape index (κ2) is 3.36. The van der Waals surface area contributed by atoms with Crippen molar-refractivity contribution in [2.45, 2.75) is 64.3 Å². The molecule has 17 heavy (non-hydrogen) atoms. The molecule has 96 valence electrons. The molecule has 0 spiro atoms. The van der Waals surface area contributed by atoms with Crippen LogP contribution in [0.1, 0.15) is 46.5 Å². The van der Waals surface area contributed by atoms with Gasteiger partial charge < -0.3 is 9.84 Å². The van der Waals surface area contributed by atoms with Crippen LogP contribution in [0.5, 0.6) is 0 Å². The van der Waals surface area contributed by atoms with E-state index in [9.17, 15) is 5.11 Å². The fourth-order valence-corrected chi connectivity index (χ4v) is 4.00. The maximum Gasteiger partial charge on any atom is 0.0920 e. The SMILES string of the molecule is C=C1CCC2OC2(C)CCC2C(C1O)C2(C)C. The molecule has 1 aliphatic heterocycles. The van der Waals surface area contributed by atoms with Crippen molar-refractivity contribution in [3.05, 3.63) is 12.2 Å². The maximum atomic E-state index is 10.4. The van der Waals surface area contributed by atoms with Gasteiger partial charge in [-0.2, -0.15) is 0 Å². The first-order valence-electron chi connectivity index (χ1n) is 6.90. The Morgan fingerprint density at radius 2 is 2.00 bits per heavy atom. The van der Waals surface area contributed by atoms with E-state index in [0.717, 1.165) is 24.8 Å². The number of fused-ring (bicyclic) bond motifs is 2. The standard InChI is InChI=1S/C15H24O2/c1-9-5-6-11-15(4,17-11)8-7-10-12(13(9)16)14(10,2)3/h10-13,16H,1,5-8H2,2-4H3. The molecule has 5 unspecified atom stereocenters. The van der Waals surface area contributed by atoms with Crippen molar-refractivity contribution in [2.24, 2.45) is 17.3 Å². The van der Waals surface area contributed by atoms with Gasteiger partial charge in [-0.15, -0.1) is 0 Å². The van der Waals surface area contributed by atoms with Crippen molar-refractivity contribution < 1.29 is 9.84 Å². The monoisotopic (exact) mass is 236 g/mol. The van der Waals surface area contributed by atoms with E-state index in [1.54, 1.807) is 0 Å². The van der Waals surface area contributed by atoms with E-state index in [4.69, 9.17) is 4.74 Å². The predicted octanol–water partition coefficient (Wildman–Crippen LogP) is 2.91. The first kappa shape index (κ1) is 11.7. The summed E-state index contributed by atoms with van der Waals surface area (Å²) < 4.78 is 5.83. The van der Waals surface area contributed by atoms with Crippen LogP contribution in [0.4, 0.5) is 0 Å². The van der Waals surface area contributed by atoms with Gasteiger partial charge in [0.1, 0.15) is 0 Å². The summed E-state index contributed by atoms with van der Waals surface area (Å²) in [5, 5.41) is 10.4. The van der Waals surface area contributed by atoms with Gasteiger partial charge >= 0.3 is 0 Å². The highest BCUT2D eigenvalue weighted by molar-refractivity contribution is 5.19. The molecule has 3 aliphatic rings. The smallest absolute Gasteiger partial charge is 0.0920 e. The van der Waals surface area contributed by atoms with Crippen LogP contribution in [0.2, 0.25) is 0 Å². The summed E-state index contributed by atoms with van der Waals surface area (Å²) in [4.78, 5) is 0. The first-order valence-corrected chi connectivity index (χ1v) is 6.90. The van der Waals surface area contributed by atoms with Gasteiger partial charge in [0.25, 0.3) is 0 Å². The van der Waals surface area contributed by atoms with E-state index in [-0.39, 0.29) is 17.1 Å². The fourth-order valence-electron chi connectivity index (χ4n) is 4.00. The molecule has 1 heterocycles. The summed E-state index contributed by atoms with van der Waals surface area (Å²) >= 11 is 0. The summed E-state index contributed by atoms with van der Waals surface area (Å²) in [6, 6.07) is 0. The van der Waals surface area contributed by atoms with Crippen LogP contribution in [0, 0.1) is 17.3 Å². The number of ether oxygens (including phenoxy) is 1. The van der Waals surface area contributed by atoms with Gasteiger partial charge in [-0.25, -0.2) is 0 Å². The molecule has 2 aliphatic carbocycles. The topological polar surface area (TPSA) is 32.8 Å². The zero-order chi connectivity index (χ0) is 12.4. The van der Waals surface area contributed by atoms with Gasteiger partial charge in [0, 0.05) is 0 Å². The minimum absolute atomic E-state index is 0.131. The number of hydrogen-bond acceptors (Lipinski definition) is 2. The lowest BCUT2D eigenvalue weighted by Crippen LogP contribution is -2.18. The highest BCUT2D eigenvalue weighted by Crippen LogP contribution is 2.64. The van der Waals surface area contributed by atoms with Crippen molar-refractivity contribution in [3.8, 4) is 0 Å². The molecule has 0 radical (unpaired) electrons. The normalized spacial score (nSPS) is 52.4. The van der Waals surface area contributed by atoms with Gasteiger partial charge in [0.2, 0.25) is 0 Å². The van der Waals surface area contributed by atoms with Gasteiger partial charge in [-0.3, -0.25) is 0 Å². The van der Waals surface area contributed by atoms with Gasteiger partial charge in [-0.05, 0) is 55.4 Å². The molecule has 0 bridgehead atoms. The molecule has 0 amide bonds. The molecule has 5 atom stereocenters. The lowest BCUT2D eigenvalue weighted by atomic mass is 9.91. The first-order chi connectivity index (χ1) is 7.86. The average Bonchev–Trinajstić information content (AvgIpc) is 3.06. The zero-order valence-electron chi connectivity index (χ0n) is 11.2. The molecule has 3 rings (SSSR count). The third-order valence-corrected chi connectivity index (χ3v) is 5.61. The highest BCUT2D eigenvalue weighted by Gasteiger charge is 2.62. The third kappa shape index (κ3) is 1.68. The van der Waals surface area contributed by atoms with Crippen LogP contribution in [-0.2, 0) is 4.74 Å². The molecule has 2 nitrogen and oxygen atoms in total. The largest absolute Gasteiger partial charge is 0.388 e. The van der Waals surface area contributed by atoms with Gasteiger partial charge in [0.05, 0.1) is 17.8 Å². The Kier molecular flexibility index (Phi) is 2.32. The molecule has 2 heteroatoms. The summed E-state index contributed by atoms with van der Waals surface area (Å²) in [6.07, 6.45) is 4.41.